The maximum atomic E-state index is 12.4. The number of carbonyl (C=O) groups excluding carboxylic acids is 1. The summed E-state index contributed by atoms with van der Waals surface area (Å²) in [6.45, 7) is 3.97. The van der Waals surface area contributed by atoms with Gasteiger partial charge in [0, 0.05) is 30.2 Å². The quantitative estimate of drug-likeness (QED) is 0.848. The van der Waals surface area contributed by atoms with Crippen LogP contribution >= 0.6 is 11.8 Å². The number of morpholine rings is 1. The average Bonchev–Trinajstić information content (AvgIpc) is 2.67. The zero-order chi connectivity index (χ0) is 16.8. The molecule has 0 spiro atoms. The molecular weight excluding hydrogens is 320 g/mol. The molecular formula is C19H22N2O2S. The molecule has 0 radical (unpaired) electrons. The number of carbonyl (C=O) groups is 1. The van der Waals surface area contributed by atoms with E-state index in [0.29, 0.717) is 6.54 Å². The normalized spacial score (nSPS) is 14.5. The van der Waals surface area contributed by atoms with Crippen LogP contribution in [0.5, 0.6) is 0 Å². The maximum absolute atomic E-state index is 12.4. The van der Waals surface area contributed by atoms with E-state index in [1.807, 2.05) is 30.5 Å². The van der Waals surface area contributed by atoms with Crippen molar-refractivity contribution in [3.63, 3.8) is 0 Å². The van der Waals surface area contributed by atoms with Crippen molar-refractivity contribution in [2.24, 2.45) is 0 Å². The van der Waals surface area contributed by atoms with Gasteiger partial charge in [-0.05, 0) is 36.1 Å². The summed E-state index contributed by atoms with van der Waals surface area (Å²) in [4.78, 5) is 15.7. The Morgan fingerprint density at radius 2 is 1.83 bits per heavy atom. The molecule has 2 aromatic rings. The highest BCUT2D eigenvalue weighted by atomic mass is 32.2. The molecule has 1 aliphatic heterocycles. The first-order valence-electron chi connectivity index (χ1n) is 8.11. The van der Waals surface area contributed by atoms with Crippen LogP contribution in [0.2, 0.25) is 0 Å². The lowest BCUT2D eigenvalue weighted by Crippen LogP contribution is -2.36. The molecule has 2 aromatic carbocycles. The molecule has 0 bridgehead atoms. The fourth-order valence-electron chi connectivity index (χ4n) is 2.76. The number of amides is 1. The van der Waals surface area contributed by atoms with Gasteiger partial charge >= 0.3 is 0 Å². The van der Waals surface area contributed by atoms with Crippen molar-refractivity contribution in [2.45, 2.75) is 11.4 Å². The highest BCUT2D eigenvalue weighted by Gasteiger charge is 2.12. The van der Waals surface area contributed by atoms with Crippen molar-refractivity contribution in [2.75, 3.05) is 37.5 Å². The first-order valence-corrected chi connectivity index (χ1v) is 9.33. The van der Waals surface area contributed by atoms with Crippen molar-refractivity contribution >= 4 is 23.4 Å². The smallest absolute Gasteiger partial charge is 0.252 e. The van der Waals surface area contributed by atoms with Crippen molar-refractivity contribution < 1.29 is 9.53 Å². The summed E-state index contributed by atoms with van der Waals surface area (Å²) in [7, 11) is 0. The summed E-state index contributed by atoms with van der Waals surface area (Å²) in [5, 5.41) is 3.00. The minimum atomic E-state index is -0.0304. The Morgan fingerprint density at radius 3 is 2.54 bits per heavy atom. The van der Waals surface area contributed by atoms with Gasteiger partial charge in [-0.3, -0.25) is 4.79 Å². The second-order valence-corrected chi connectivity index (χ2v) is 6.50. The fraction of sp³-hybridized carbons (Fsp3) is 0.316. The van der Waals surface area contributed by atoms with Gasteiger partial charge < -0.3 is 15.0 Å². The van der Waals surface area contributed by atoms with E-state index in [4.69, 9.17) is 4.74 Å². The van der Waals surface area contributed by atoms with Crippen LogP contribution in [0.4, 0.5) is 5.69 Å². The minimum Gasteiger partial charge on any atom is -0.378 e. The number of hydrogen-bond donors (Lipinski definition) is 1. The Bertz CT molecular complexity index is 682. The van der Waals surface area contributed by atoms with Gasteiger partial charge in [0.25, 0.3) is 5.91 Å². The summed E-state index contributed by atoms with van der Waals surface area (Å²) < 4.78 is 5.38. The summed E-state index contributed by atoms with van der Waals surface area (Å²) in [5.74, 6) is -0.0304. The second kappa shape index (κ2) is 8.22. The molecule has 1 saturated heterocycles. The monoisotopic (exact) mass is 342 g/mol. The Kier molecular flexibility index (Phi) is 5.77. The number of ether oxygens (including phenoxy) is 1. The number of nitrogens with zero attached hydrogens (tertiary/aromatic N) is 1. The van der Waals surface area contributed by atoms with Crippen LogP contribution in [0.1, 0.15) is 15.9 Å². The number of thioether (sulfide) groups is 1. The molecule has 1 aliphatic rings. The highest BCUT2D eigenvalue weighted by Crippen LogP contribution is 2.20. The lowest BCUT2D eigenvalue weighted by Gasteiger charge is -2.28. The van der Waals surface area contributed by atoms with Gasteiger partial charge in [-0.2, -0.15) is 0 Å². The fourth-order valence-corrected chi connectivity index (χ4v) is 3.35. The van der Waals surface area contributed by atoms with E-state index < -0.39 is 0 Å². The Labute approximate surface area is 147 Å². The molecule has 1 amide bonds. The number of rotatable bonds is 5. The zero-order valence-corrected chi connectivity index (χ0v) is 14.6. The van der Waals surface area contributed by atoms with Crippen molar-refractivity contribution in [3.05, 3.63) is 59.7 Å². The van der Waals surface area contributed by atoms with E-state index in [9.17, 15) is 4.79 Å². The topological polar surface area (TPSA) is 41.6 Å². The van der Waals surface area contributed by atoms with E-state index in [0.717, 1.165) is 42.3 Å². The molecule has 24 heavy (non-hydrogen) atoms. The summed E-state index contributed by atoms with van der Waals surface area (Å²) >= 11 is 1.59. The average molecular weight is 342 g/mol. The third kappa shape index (κ3) is 4.10. The number of hydrogen-bond acceptors (Lipinski definition) is 4. The third-order valence-corrected chi connectivity index (χ3v) is 4.91. The summed E-state index contributed by atoms with van der Waals surface area (Å²) in [5.41, 5.74) is 3.04. The van der Waals surface area contributed by atoms with Gasteiger partial charge in [0.1, 0.15) is 0 Å². The molecule has 1 N–H and O–H groups in total. The predicted molar refractivity (Wildman–Crippen MR) is 98.9 cm³/mol. The minimum absolute atomic E-state index is 0.0304. The van der Waals surface area contributed by atoms with Gasteiger partial charge in [-0.15, -0.1) is 11.8 Å². The summed E-state index contributed by atoms with van der Waals surface area (Å²) in [6.07, 6.45) is 1.98. The zero-order valence-electron chi connectivity index (χ0n) is 13.8. The van der Waals surface area contributed by atoms with E-state index in [1.54, 1.807) is 11.8 Å². The molecule has 0 saturated carbocycles. The molecule has 126 valence electrons. The maximum Gasteiger partial charge on any atom is 0.252 e. The van der Waals surface area contributed by atoms with Gasteiger partial charge in [0.05, 0.1) is 18.8 Å². The Morgan fingerprint density at radius 1 is 1.12 bits per heavy atom. The highest BCUT2D eigenvalue weighted by molar-refractivity contribution is 7.98. The van der Waals surface area contributed by atoms with Gasteiger partial charge in [-0.1, -0.05) is 24.3 Å². The van der Waals surface area contributed by atoms with E-state index in [-0.39, 0.29) is 5.91 Å². The van der Waals surface area contributed by atoms with Crippen LogP contribution in [0, 0.1) is 0 Å². The van der Waals surface area contributed by atoms with Gasteiger partial charge in [-0.25, -0.2) is 0 Å². The van der Waals surface area contributed by atoms with Crippen LogP contribution in [0.15, 0.2) is 53.4 Å². The molecule has 4 nitrogen and oxygen atoms in total. The first-order chi connectivity index (χ1) is 11.8. The summed E-state index contributed by atoms with van der Waals surface area (Å²) in [6, 6.07) is 16.1. The second-order valence-electron chi connectivity index (χ2n) is 5.65. The molecule has 1 heterocycles. The Hall–Kier alpha value is -1.98. The van der Waals surface area contributed by atoms with Crippen molar-refractivity contribution in [3.8, 4) is 0 Å². The molecule has 0 atom stereocenters. The van der Waals surface area contributed by atoms with Crippen LogP contribution in [-0.2, 0) is 11.3 Å². The van der Waals surface area contributed by atoms with Crippen molar-refractivity contribution in [1.82, 2.24) is 5.32 Å². The third-order valence-electron chi connectivity index (χ3n) is 4.12. The largest absolute Gasteiger partial charge is 0.378 e. The van der Waals surface area contributed by atoms with Gasteiger partial charge in [0.15, 0.2) is 0 Å². The van der Waals surface area contributed by atoms with E-state index >= 15 is 0 Å². The van der Waals surface area contributed by atoms with Gasteiger partial charge in [0.2, 0.25) is 0 Å². The van der Waals surface area contributed by atoms with Crippen LogP contribution in [0.25, 0.3) is 0 Å². The lowest BCUT2D eigenvalue weighted by molar-refractivity contribution is 0.0948. The molecule has 3 rings (SSSR count). The first kappa shape index (κ1) is 16.9. The SMILES string of the molecule is CSc1ccccc1C(=O)NCc1ccc(N2CCOCC2)cc1. The van der Waals surface area contributed by atoms with Crippen molar-refractivity contribution in [1.29, 1.82) is 0 Å². The standard InChI is InChI=1S/C19H22N2O2S/c1-24-18-5-3-2-4-17(18)19(22)20-14-15-6-8-16(9-7-15)21-10-12-23-13-11-21/h2-9H,10-14H2,1H3,(H,20,22). The van der Waals surface area contributed by atoms with Crippen LogP contribution in [0.3, 0.4) is 0 Å². The Balaban J connectivity index is 1.59. The molecule has 1 fully saturated rings. The number of anilines is 1. The predicted octanol–water partition coefficient (Wildman–Crippen LogP) is 3.18. The lowest BCUT2D eigenvalue weighted by atomic mass is 10.1. The van der Waals surface area contributed by atoms with E-state index in [2.05, 4.69) is 34.5 Å². The number of nitrogens with one attached hydrogen (secondary N) is 1. The van der Waals surface area contributed by atoms with E-state index in [1.165, 1.54) is 5.69 Å². The molecule has 0 aliphatic carbocycles. The molecule has 0 unspecified atom stereocenters. The molecule has 0 aromatic heterocycles. The van der Waals surface area contributed by atoms with Crippen LogP contribution < -0.4 is 10.2 Å². The number of benzene rings is 2. The molecule has 5 heteroatoms. The van der Waals surface area contributed by atoms with Crippen LogP contribution in [-0.4, -0.2) is 38.5 Å².